The van der Waals surface area contributed by atoms with E-state index in [4.69, 9.17) is 9.84 Å². The molecule has 0 aliphatic rings. The molecule has 0 bridgehead atoms. The van der Waals surface area contributed by atoms with Crippen molar-refractivity contribution in [3.8, 4) is 0 Å². The average Bonchev–Trinajstić information content (AvgIpc) is 2.85. The number of hydrogen-bond donors (Lipinski definition) is 3. The standard InChI is InChI=1S/C11H15N3O5S/c1-2-19-9(15)3-4-12-11(18)13-5-8-14-7(6-20-8)10(16)17/h6H,2-5H2,1H3,(H,16,17)(H2,12,13,18). The van der Waals surface area contributed by atoms with Crippen molar-refractivity contribution in [2.24, 2.45) is 0 Å². The zero-order chi connectivity index (χ0) is 15.0. The highest BCUT2D eigenvalue weighted by Gasteiger charge is 2.09. The van der Waals surface area contributed by atoms with Crippen LogP contribution in [0.5, 0.6) is 0 Å². The van der Waals surface area contributed by atoms with E-state index >= 15 is 0 Å². The van der Waals surface area contributed by atoms with E-state index in [0.29, 0.717) is 11.6 Å². The number of carbonyl (C=O) groups is 3. The summed E-state index contributed by atoms with van der Waals surface area (Å²) < 4.78 is 4.70. The lowest BCUT2D eigenvalue weighted by Gasteiger charge is -2.06. The Balaban J connectivity index is 2.22. The molecule has 8 nitrogen and oxygen atoms in total. The maximum Gasteiger partial charge on any atom is 0.355 e. The van der Waals surface area contributed by atoms with E-state index < -0.39 is 12.0 Å². The van der Waals surface area contributed by atoms with Gasteiger partial charge in [0.15, 0.2) is 5.69 Å². The van der Waals surface area contributed by atoms with Gasteiger partial charge in [0.2, 0.25) is 0 Å². The Labute approximate surface area is 119 Å². The van der Waals surface area contributed by atoms with Gasteiger partial charge in [0.1, 0.15) is 5.01 Å². The quantitative estimate of drug-likeness (QED) is 0.635. The van der Waals surface area contributed by atoms with Crippen LogP contribution < -0.4 is 10.6 Å². The van der Waals surface area contributed by atoms with Gasteiger partial charge < -0.3 is 20.5 Å². The minimum absolute atomic E-state index is 0.0467. The third-order valence-electron chi connectivity index (χ3n) is 2.09. The van der Waals surface area contributed by atoms with Crippen LogP contribution in [0.1, 0.15) is 28.8 Å². The number of carbonyl (C=O) groups excluding carboxylic acids is 2. The Kier molecular flexibility index (Phi) is 6.44. The zero-order valence-electron chi connectivity index (χ0n) is 10.8. The van der Waals surface area contributed by atoms with Crippen molar-refractivity contribution in [2.45, 2.75) is 19.9 Å². The van der Waals surface area contributed by atoms with Crippen molar-refractivity contribution < 1.29 is 24.2 Å². The number of ether oxygens (including phenoxy) is 1. The average molecular weight is 301 g/mol. The van der Waals surface area contributed by atoms with Gasteiger partial charge in [-0.1, -0.05) is 0 Å². The number of nitrogens with zero attached hydrogens (tertiary/aromatic N) is 1. The normalized spacial score (nSPS) is 9.85. The van der Waals surface area contributed by atoms with Crippen LogP contribution in [0.15, 0.2) is 5.38 Å². The number of aromatic nitrogens is 1. The van der Waals surface area contributed by atoms with Gasteiger partial charge in [-0.25, -0.2) is 14.6 Å². The summed E-state index contributed by atoms with van der Waals surface area (Å²) in [6, 6.07) is -0.457. The van der Waals surface area contributed by atoms with Crippen LogP contribution in [-0.4, -0.2) is 41.2 Å². The molecule has 0 saturated carbocycles. The monoisotopic (exact) mass is 301 g/mol. The molecule has 0 fully saturated rings. The first-order chi connectivity index (χ1) is 9.52. The first-order valence-electron chi connectivity index (χ1n) is 5.88. The van der Waals surface area contributed by atoms with Crippen molar-refractivity contribution in [3.05, 3.63) is 16.1 Å². The minimum Gasteiger partial charge on any atom is -0.476 e. The van der Waals surface area contributed by atoms with Crippen LogP contribution >= 0.6 is 11.3 Å². The molecular weight excluding hydrogens is 286 g/mol. The zero-order valence-corrected chi connectivity index (χ0v) is 11.7. The molecule has 1 aromatic rings. The Morgan fingerprint density at radius 1 is 1.40 bits per heavy atom. The van der Waals surface area contributed by atoms with E-state index in [1.165, 1.54) is 5.38 Å². The predicted molar refractivity (Wildman–Crippen MR) is 70.6 cm³/mol. The van der Waals surface area contributed by atoms with Gasteiger partial charge in [-0.2, -0.15) is 0 Å². The summed E-state index contributed by atoms with van der Waals surface area (Å²) in [5, 5.41) is 15.6. The summed E-state index contributed by atoms with van der Waals surface area (Å²) in [6.45, 7) is 2.31. The third-order valence-corrected chi connectivity index (χ3v) is 2.94. The lowest BCUT2D eigenvalue weighted by Crippen LogP contribution is -2.36. The van der Waals surface area contributed by atoms with Crippen molar-refractivity contribution in [3.63, 3.8) is 0 Å². The Bertz CT molecular complexity index is 488. The smallest absolute Gasteiger partial charge is 0.355 e. The molecule has 3 N–H and O–H groups in total. The van der Waals surface area contributed by atoms with Crippen molar-refractivity contribution in [2.75, 3.05) is 13.2 Å². The molecule has 0 atom stereocenters. The number of aromatic carboxylic acids is 1. The van der Waals surface area contributed by atoms with Gasteiger partial charge in [-0.05, 0) is 6.92 Å². The molecule has 2 amide bonds. The van der Waals surface area contributed by atoms with Gasteiger partial charge in [0.05, 0.1) is 19.6 Å². The summed E-state index contributed by atoms with van der Waals surface area (Å²) in [5.41, 5.74) is -0.0467. The molecule has 1 heterocycles. The molecule has 0 unspecified atom stereocenters. The number of carboxylic acid groups (broad SMARTS) is 1. The summed E-state index contributed by atoms with van der Waals surface area (Å²) in [6.07, 6.45) is 0.0989. The van der Waals surface area contributed by atoms with E-state index in [9.17, 15) is 14.4 Å². The largest absolute Gasteiger partial charge is 0.476 e. The molecular formula is C11H15N3O5S. The molecule has 0 spiro atoms. The summed E-state index contributed by atoms with van der Waals surface area (Å²) in [5.74, 6) is -1.48. The number of thiazole rings is 1. The van der Waals surface area contributed by atoms with Crippen molar-refractivity contribution in [1.82, 2.24) is 15.6 Å². The van der Waals surface area contributed by atoms with Gasteiger partial charge in [-0.3, -0.25) is 4.79 Å². The molecule has 1 aromatic heterocycles. The molecule has 1 rings (SSSR count). The Hall–Kier alpha value is -2.16. The highest BCUT2D eigenvalue weighted by molar-refractivity contribution is 7.09. The Morgan fingerprint density at radius 3 is 2.75 bits per heavy atom. The SMILES string of the molecule is CCOC(=O)CCNC(=O)NCc1nc(C(=O)O)cs1. The topological polar surface area (TPSA) is 118 Å². The van der Waals surface area contributed by atoms with Crippen LogP contribution in [0.2, 0.25) is 0 Å². The van der Waals surface area contributed by atoms with Crippen LogP contribution in [0.25, 0.3) is 0 Å². The highest BCUT2D eigenvalue weighted by Crippen LogP contribution is 2.09. The molecule has 0 aliphatic carbocycles. The number of urea groups is 1. The van der Waals surface area contributed by atoms with Gasteiger partial charge in [-0.15, -0.1) is 11.3 Å². The first kappa shape index (κ1) is 15.9. The second kappa shape index (κ2) is 8.10. The summed E-state index contributed by atoms with van der Waals surface area (Å²) in [4.78, 5) is 36.8. The molecule has 20 heavy (non-hydrogen) atoms. The fraction of sp³-hybridized carbons (Fsp3) is 0.455. The minimum atomic E-state index is -1.11. The second-order valence-corrected chi connectivity index (χ2v) is 4.54. The van der Waals surface area contributed by atoms with E-state index in [-0.39, 0.29) is 31.2 Å². The molecule has 9 heteroatoms. The van der Waals surface area contributed by atoms with E-state index in [0.717, 1.165) is 11.3 Å². The number of carboxylic acids is 1. The summed E-state index contributed by atoms with van der Waals surface area (Å²) in [7, 11) is 0. The second-order valence-electron chi connectivity index (χ2n) is 3.60. The lowest BCUT2D eigenvalue weighted by molar-refractivity contribution is -0.142. The maximum absolute atomic E-state index is 11.4. The van der Waals surface area contributed by atoms with E-state index in [1.807, 2.05) is 0 Å². The van der Waals surface area contributed by atoms with Crippen molar-refractivity contribution >= 4 is 29.3 Å². The lowest BCUT2D eigenvalue weighted by atomic mass is 10.4. The number of nitrogens with one attached hydrogen (secondary N) is 2. The van der Waals surface area contributed by atoms with Crippen LogP contribution in [0.3, 0.4) is 0 Å². The van der Waals surface area contributed by atoms with E-state index in [1.54, 1.807) is 6.92 Å². The molecule has 0 saturated heterocycles. The first-order valence-corrected chi connectivity index (χ1v) is 6.76. The highest BCUT2D eigenvalue weighted by atomic mass is 32.1. The fourth-order valence-corrected chi connectivity index (χ4v) is 1.93. The van der Waals surface area contributed by atoms with Gasteiger partial charge in [0, 0.05) is 11.9 Å². The molecule has 110 valence electrons. The van der Waals surface area contributed by atoms with Crippen LogP contribution in [-0.2, 0) is 16.1 Å². The van der Waals surface area contributed by atoms with Gasteiger partial charge >= 0.3 is 18.0 Å². The van der Waals surface area contributed by atoms with E-state index in [2.05, 4.69) is 15.6 Å². The molecule has 0 radical (unpaired) electrons. The fourth-order valence-electron chi connectivity index (χ4n) is 1.22. The van der Waals surface area contributed by atoms with Gasteiger partial charge in [0.25, 0.3) is 0 Å². The number of hydrogen-bond acceptors (Lipinski definition) is 6. The van der Waals surface area contributed by atoms with Crippen LogP contribution in [0, 0.1) is 0 Å². The maximum atomic E-state index is 11.4. The third kappa shape index (κ3) is 5.65. The predicted octanol–water partition coefficient (Wildman–Crippen LogP) is 0.594. The summed E-state index contributed by atoms with van der Waals surface area (Å²) >= 11 is 1.15. The molecule has 0 aromatic carbocycles. The number of rotatable bonds is 7. The molecule has 0 aliphatic heterocycles. The Morgan fingerprint density at radius 2 is 2.15 bits per heavy atom. The van der Waals surface area contributed by atoms with Crippen LogP contribution in [0.4, 0.5) is 4.79 Å². The number of esters is 1. The van der Waals surface area contributed by atoms with Crippen molar-refractivity contribution in [1.29, 1.82) is 0 Å². The number of amides is 2.